The van der Waals surface area contributed by atoms with Gasteiger partial charge in [0.05, 0.1) is 11.0 Å². The van der Waals surface area contributed by atoms with Crippen LogP contribution in [0.3, 0.4) is 0 Å². The molecule has 0 amide bonds. The minimum Gasteiger partial charge on any atom is -0.398 e. The van der Waals surface area contributed by atoms with Crippen molar-refractivity contribution in [1.82, 2.24) is 9.97 Å². The number of aromatic amines is 1. The molecule has 0 unspecified atom stereocenters. The Morgan fingerprint density at radius 2 is 2.00 bits per heavy atom. The first-order valence-electron chi connectivity index (χ1n) is 6.18. The van der Waals surface area contributed by atoms with Gasteiger partial charge in [0.25, 0.3) is 0 Å². The second-order valence-electron chi connectivity index (χ2n) is 4.56. The minimum atomic E-state index is 0.404. The van der Waals surface area contributed by atoms with Gasteiger partial charge in [-0.25, -0.2) is 9.19 Å². The van der Waals surface area contributed by atoms with Crippen LogP contribution in [-0.2, 0) is 11.3 Å². The molecule has 3 N–H and O–H groups in total. The maximum absolute atomic E-state index is 11.5. The number of nitrogens with one attached hydrogen (secondary N) is 1. The number of imidazole rings is 1. The van der Waals surface area contributed by atoms with Crippen molar-refractivity contribution in [3.8, 4) is 0 Å². The number of aryl methyl sites for hydroxylation is 1. The SMILES string of the molecule is Cc1cccc2[nH]c(C(=S=O)c3ccccc3N)nc12. The number of nitrogen functional groups attached to an aromatic ring is 1. The monoisotopic (exact) mass is 283 g/mol. The molecule has 100 valence electrons. The van der Waals surface area contributed by atoms with Crippen molar-refractivity contribution in [2.45, 2.75) is 6.92 Å². The largest absolute Gasteiger partial charge is 0.398 e. The van der Waals surface area contributed by atoms with E-state index in [1.54, 1.807) is 6.07 Å². The summed E-state index contributed by atoms with van der Waals surface area (Å²) in [5.41, 5.74) is 10.1. The lowest BCUT2D eigenvalue weighted by Crippen LogP contribution is -2.08. The van der Waals surface area contributed by atoms with E-state index < -0.39 is 0 Å². The molecule has 0 radical (unpaired) electrons. The van der Waals surface area contributed by atoms with Crippen LogP contribution in [0.1, 0.15) is 17.0 Å². The van der Waals surface area contributed by atoms with E-state index in [0.717, 1.165) is 16.6 Å². The number of hydrogen-bond donors (Lipinski definition) is 2. The smallest absolute Gasteiger partial charge is 0.152 e. The van der Waals surface area contributed by atoms with E-state index in [4.69, 9.17) is 5.73 Å². The first kappa shape index (κ1) is 12.6. The Labute approximate surface area is 119 Å². The fourth-order valence-electron chi connectivity index (χ4n) is 2.20. The molecule has 1 heterocycles. The van der Waals surface area contributed by atoms with Gasteiger partial charge in [0.2, 0.25) is 0 Å². The molecule has 4 nitrogen and oxygen atoms in total. The van der Waals surface area contributed by atoms with Crippen LogP contribution < -0.4 is 5.73 Å². The van der Waals surface area contributed by atoms with Crippen LogP contribution in [-0.4, -0.2) is 19.0 Å². The summed E-state index contributed by atoms with van der Waals surface area (Å²) < 4.78 is 11.5. The molecule has 1 aromatic heterocycles. The molecule has 0 saturated carbocycles. The predicted molar refractivity (Wildman–Crippen MR) is 83.0 cm³/mol. The fourth-order valence-corrected chi connectivity index (χ4v) is 2.65. The molecule has 3 aromatic rings. The second kappa shape index (κ2) is 4.94. The van der Waals surface area contributed by atoms with Crippen LogP contribution >= 0.6 is 0 Å². The summed E-state index contributed by atoms with van der Waals surface area (Å²) in [7, 11) is 0. The van der Waals surface area contributed by atoms with E-state index in [0.29, 0.717) is 33.2 Å². The molecule has 0 atom stereocenters. The number of benzene rings is 2. The summed E-state index contributed by atoms with van der Waals surface area (Å²) in [4.78, 5) is 8.23. The van der Waals surface area contributed by atoms with Gasteiger partial charge in [0.1, 0.15) is 16.1 Å². The second-order valence-corrected chi connectivity index (χ2v) is 5.13. The number of nitrogens with zero attached hydrogens (tertiary/aromatic N) is 1. The lowest BCUT2D eigenvalue weighted by Gasteiger charge is -2.03. The Hall–Kier alpha value is -2.40. The molecule has 0 aliphatic rings. The highest BCUT2D eigenvalue weighted by molar-refractivity contribution is 7.67. The highest BCUT2D eigenvalue weighted by atomic mass is 32.1. The average molecular weight is 283 g/mol. The van der Waals surface area contributed by atoms with E-state index in [-0.39, 0.29) is 0 Å². The van der Waals surface area contributed by atoms with Gasteiger partial charge in [-0.3, -0.25) is 0 Å². The summed E-state index contributed by atoms with van der Waals surface area (Å²) in [6, 6.07) is 13.2. The van der Waals surface area contributed by atoms with Crippen LogP contribution in [0.25, 0.3) is 11.0 Å². The number of fused-ring (bicyclic) bond motifs is 1. The summed E-state index contributed by atoms with van der Waals surface area (Å²) in [6.07, 6.45) is 0. The molecule has 0 aliphatic carbocycles. The van der Waals surface area contributed by atoms with Crippen molar-refractivity contribution in [3.05, 3.63) is 59.4 Å². The third kappa shape index (κ3) is 2.02. The van der Waals surface area contributed by atoms with E-state index in [9.17, 15) is 4.21 Å². The summed E-state index contributed by atoms with van der Waals surface area (Å²) in [5.74, 6) is 0.562. The van der Waals surface area contributed by atoms with Crippen LogP contribution in [0.2, 0.25) is 0 Å². The van der Waals surface area contributed by atoms with Crippen molar-refractivity contribution in [3.63, 3.8) is 0 Å². The molecule has 20 heavy (non-hydrogen) atoms. The van der Waals surface area contributed by atoms with Crippen molar-refractivity contribution >= 4 is 32.8 Å². The number of rotatable bonds is 2. The topological polar surface area (TPSA) is 71.8 Å². The van der Waals surface area contributed by atoms with E-state index in [2.05, 4.69) is 9.97 Å². The van der Waals surface area contributed by atoms with Gasteiger partial charge in [0, 0.05) is 11.3 Å². The van der Waals surface area contributed by atoms with Crippen molar-refractivity contribution in [2.75, 3.05) is 5.73 Å². The Morgan fingerprint density at radius 3 is 2.70 bits per heavy atom. The van der Waals surface area contributed by atoms with E-state index in [1.807, 2.05) is 43.3 Å². The lowest BCUT2D eigenvalue weighted by atomic mass is 10.1. The number of aromatic nitrogens is 2. The highest BCUT2D eigenvalue weighted by Crippen LogP contribution is 2.19. The first-order valence-corrected chi connectivity index (χ1v) is 6.92. The zero-order valence-electron chi connectivity index (χ0n) is 10.9. The highest BCUT2D eigenvalue weighted by Gasteiger charge is 2.14. The Morgan fingerprint density at radius 1 is 1.20 bits per heavy atom. The third-order valence-corrected chi connectivity index (χ3v) is 3.80. The quantitative estimate of drug-likeness (QED) is 0.430. The predicted octanol–water partition coefficient (Wildman–Crippen LogP) is 2.24. The molecule has 0 saturated heterocycles. The molecule has 0 bridgehead atoms. The molecule has 5 heteroatoms. The van der Waals surface area contributed by atoms with Crippen LogP contribution in [0.4, 0.5) is 5.69 Å². The number of hydrogen-bond acceptors (Lipinski definition) is 3. The maximum Gasteiger partial charge on any atom is 0.152 e. The zero-order chi connectivity index (χ0) is 14.1. The molecular weight excluding hydrogens is 270 g/mol. The average Bonchev–Trinajstić information content (AvgIpc) is 2.87. The van der Waals surface area contributed by atoms with Gasteiger partial charge in [-0.1, -0.05) is 30.3 Å². The van der Waals surface area contributed by atoms with Gasteiger partial charge in [-0.2, -0.15) is 0 Å². The normalized spacial score (nSPS) is 10.7. The van der Waals surface area contributed by atoms with Crippen molar-refractivity contribution < 1.29 is 4.21 Å². The van der Waals surface area contributed by atoms with Gasteiger partial charge in [0.15, 0.2) is 5.82 Å². The first-order chi connectivity index (χ1) is 9.70. The summed E-state index contributed by atoms with van der Waals surface area (Å²) in [5, 5.41) is 0. The number of H-pyrrole nitrogens is 1. The van der Waals surface area contributed by atoms with Gasteiger partial charge in [-0.15, -0.1) is 0 Å². The van der Waals surface area contributed by atoms with Gasteiger partial charge < -0.3 is 10.7 Å². The van der Waals surface area contributed by atoms with Crippen LogP contribution in [0.5, 0.6) is 0 Å². The number of anilines is 1. The van der Waals surface area contributed by atoms with E-state index in [1.165, 1.54) is 0 Å². The Bertz CT molecular complexity index is 847. The standard InChI is InChI=1S/C15H13N3OS/c1-9-5-4-8-12-13(9)18-15(17-12)14(20-19)10-6-2-3-7-11(10)16/h2-8H,16H2,1H3,(H,17,18). The lowest BCUT2D eigenvalue weighted by molar-refractivity contribution is 0.701. The molecule has 0 aliphatic heterocycles. The maximum atomic E-state index is 11.5. The van der Waals surface area contributed by atoms with Gasteiger partial charge in [-0.05, 0) is 24.6 Å². The van der Waals surface area contributed by atoms with Crippen molar-refractivity contribution in [2.24, 2.45) is 0 Å². The Kier molecular flexibility index (Phi) is 3.12. The minimum absolute atomic E-state index is 0.404. The number of para-hydroxylation sites is 2. The molecular formula is C15H13N3OS. The molecule has 3 rings (SSSR count). The number of nitrogens with two attached hydrogens (primary N) is 1. The van der Waals surface area contributed by atoms with Crippen molar-refractivity contribution in [1.29, 1.82) is 0 Å². The zero-order valence-corrected chi connectivity index (χ0v) is 11.7. The summed E-state index contributed by atoms with van der Waals surface area (Å²) in [6.45, 7) is 1.99. The summed E-state index contributed by atoms with van der Waals surface area (Å²) >= 11 is 0.404. The third-order valence-electron chi connectivity index (χ3n) is 3.22. The molecule has 2 aromatic carbocycles. The van der Waals surface area contributed by atoms with Crippen LogP contribution in [0.15, 0.2) is 42.5 Å². The van der Waals surface area contributed by atoms with Crippen LogP contribution in [0, 0.1) is 6.92 Å². The van der Waals surface area contributed by atoms with E-state index >= 15 is 0 Å². The van der Waals surface area contributed by atoms with Gasteiger partial charge >= 0.3 is 0 Å². The molecule has 0 fully saturated rings. The molecule has 0 spiro atoms. The Balaban J connectivity index is 2.21. The fraction of sp³-hybridized carbons (Fsp3) is 0.0667.